The molecule has 0 rings (SSSR count). The molecule has 1 N–H and O–H groups in total. The van der Waals surface area contributed by atoms with Gasteiger partial charge in [-0.2, -0.15) is 0 Å². The van der Waals surface area contributed by atoms with Gasteiger partial charge < -0.3 is 5.32 Å². The minimum Gasteiger partial charge on any atom is -0.347 e. The van der Waals surface area contributed by atoms with E-state index >= 15 is 0 Å². The lowest BCUT2D eigenvalue weighted by molar-refractivity contribution is 0.830. The summed E-state index contributed by atoms with van der Waals surface area (Å²) in [7, 11) is 0. The van der Waals surface area contributed by atoms with Crippen LogP contribution in [0.2, 0.25) is 0 Å². The number of rotatable bonds is 3. The molecule has 0 heterocycles. The second-order valence-electron chi connectivity index (χ2n) is 2.46. The SMILES string of the molecule is C=CC(=NC(C)C)N/C=C\C. The van der Waals surface area contributed by atoms with E-state index in [1.807, 2.05) is 33.0 Å². The molecule has 0 aromatic rings. The van der Waals surface area contributed by atoms with Crippen molar-refractivity contribution in [2.45, 2.75) is 26.8 Å². The average molecular weight is 152 g/mol. The van der Waals surface area contributed by atoms with Gasteiger partial charge in [0.05, 0.1) is 0 Å². The van der Waals surface area contributed by atoms with Crippen LogP contribution >= 0.6 is 0 Å². The lowest BCUT2D eigenvalue weighted by Gasteiger charge is -2.02. The molecular weight excluding hydrogens is 136 g/mol. The Morgan fingerprint density at radius 3 is 2.55 bits per heavy atom. The fourth-order valence-corrected chi connectivity index (χ4v) is 0.596. The molecule has 0 aliphatic carbocycles. The number of nitrogens with one attached hydrogen (secondary N) is 1. The van der Waals surface area contributed by atoms with E-state index in [2.05, 4.69) is 16.9 Å². The van der Waals surface area contributed by atoms with Crippen LogP contribution in [-0.2, 0) is 0 Å². The number of hydrogen-bond acceptors (Lipinski definition) is 1. The minimum atomic E-state index is 0.306. The maximum atomic E-state index is 4.27. The van der Waals surface area contributed by atoms with E-state index in [1.165, 1.54) is 0 Å². The molecule has 0 aliphatic rings. The van der Waals surface area contributed by atoms with Crippen molar-refractivity contribution in [1.82, 2.24) is 5.32 Å². The highest BCUT2D eigenvalue weighted by Gasteiger charge is 1.90. The lowest BCUT2D eigenvalue weighted by atomic mass is 10.4. The van der Waals surface area contributed by atoms with Crippen LogP contribution in [0.15, 0.2) is 29.9 Å². The Balaban J connectivity index is 4.04. The van der Waals surface area contributed by atoms with Crippen molar-refractivity contribution in [3.05, 3.63) is 24.9 Å². The molecule has 0 fully saturated rings. The number of nitrogens with zero attached hydrogens (tertiary/aromatic N) is 1. The van der Waals surface area contributed by atoms with E-state index < -0.39 is 0 Å². The summed E-state index contributed by atoms with van der Waals surface area (Å²) in [5.41, 5.74) is 0. The van der Waals surface area contributed by atoms with Crippen molar-refractivity contribution < 1.29 is 0 Å². The van der Waals surface area contributed by atoms with Gasteiger partial charge in [0.1, 0.15) is 5.84 Å². The van der Waals surface area contributed by atoms with Crippen molar-refractivity contribution in [2.75, 3.05) is 0 Å². The molecule has 0 amide bonds. The van der Waals surface area contributed by atoms with Crippen LogP contribution in [0.1, 0.15) is 20.8 Å². The first-order chi connectivity index (χ1) is 5.20. The number of hydrogen-bond donors (Lipinski definition) is 1. The Morgan fingerprint density at radius 2 is 2.18 bits per heavy atom. The molecule has 0 aliphatic heterocycles. The van der Waals surface area contributed by atoms with Gasteiger partial charge in [0.25, 0.3) is 0 Å². The zero-order chi connectivity index (χ0) is 8.69. The minimum absolute atomic E-state index is 0.306. The highest BCUT2D eigenvalue weighted by molar-refractivity contribution is 5.93. The molecule has 0 spiro atoms. The summed E-state index contributed by atoms with van der Waals surface area (Å²) >= 11 is 0. The Kier molecular flexibility index (Phi) is 5.17. The Hall–Kier alpha value is -1.05. The lowest BCUT2D eigenvalue weighted by Crippen LogP contribution is -2.15. The standard InChI is InChI=1S/C9H16N2/c1-5-7-10-9(6-2)11-8(3)4/h5-8H,2H2,1,3-4H3,(H,10,11)/b7-5-. The molecule has 0 atom stereocenters. The molecule has 0 saturated carbocycles. The summed E-state index contributed by atoms with van der Waals surface area (Å²) in [6.45, 7) is 9.64. The molecular formula is C9H16N2. The second kappa shape index (κ2) is 5.71. The van der Waals surface area contributed by atoms with Crippen molar-refractivity contribution in [2.24, 2.45) is 4.99 Å². The zero-order valence-electron chi connectivity index (χ0n) is 7.46. The van der Waals surface area contributed by atoms with Crippen molar-refractivity contribution in [3.8, 4) is 0 Å². The number of amidine groups is 1. The molecule has 0 aromatic heterocycles. The molecule has 0 radical (unpaired) electrons. The van der Waals surface area contributed by atoms with E-state index in [-0.39, 0.29) is 0 Å². The van der Waals surface area contributed by atoms with Crippen molar-refractivity contribution in [1.29, 1.82) is 0 Å². The van der Waals surface area contributed by atoms with Crippen molar-refractivity contribution >= 4 is 5.84 Å². The van der Waals surface area contributed by atoms with E-state index in [9.17, 15) is 0 Å². The van der Waals surface area contributed by atoms with Crippen LogP contribution in [0.3, 0.4) is 0 Å². The molecule has 0 saturated heterocycles. The molecule has 11 heavy (non-hydrogen) atoms. The fraction of sp³-hybridized carbons (Fsp3) is 0.444. The van der Waals surface area contributed by atoms with Gasteiger partial charge in [-0.05, 0) is 33.0 Å². The molecule has 0 unspecified atom stereocenters. The van der Waals surface area contributed by atoms with E-state index in [4.69, 9.17) is 0 Å². The summed E-state index contributed by atoms with van der Waals surface area (Å²) in [6, 6.07) is 0.306. The predicted molar refractivity (Wildman–Crippen MR) is 50.7 cm³/mol. The second-order valence-corrected chi connectivity index (χ2v) is 2.46. The van der Waals surface area contributed by atoms with Gasteiger partial charge in [-0.3, -0.25) is 4.99 Å². The van der Waals surface area contributed by atoms with Gasteiger partial charge in [-0.15, -0.1) is 0 Å². The highest BCUT2D eigenvalue weighted by atomic mass is 15.0. The van der Waals surface area contributed by atoms with Crippen LogP contribution in [0.5, 0.6) is 0 Å². The first kappa shape index (κ1) is 9.95. The summed E-state index contributed by atoms with van der Waals surface area (Å²) in [5.74, 6) is 0.818. The van der Waals surface area contributed by atoms with Crippen LogP contribution in [0.25, 0.3) is 0 Å². The zero-order valence-corrected chi connectivity index (χ0v) is 7.46. The molecule has 2 nitrogen and oxygen atoms in total. The van der Waals surface area contributed by atoms with Gasteiger partial charge in [0, 0.05) is 6.04 Å². The maximum absolute atomic E-state index is 4.27. The fourth-order valence-electron chi connectivity index (χ4n) is 0.596. The first-order valence-corrected chi connectivity index (χ1v) is 3.78. The van der Waals surface area contributed by atoms with E-state index in [0.29, 0.717) is 6.04 Å². The van der Waals surface area contributed by atoms with Crippen LogP contribution < -0.4 is 5.32 Å². The predicted octanol–water partition coefficient (Wildman–Crippen LogP) is 2.10. The monoisotopic (exact) mass is 152 g/mol. The summed E-state index contributed by atoms with van der Waals surface area (Å²) < 4.78 is 0. The van der Waals surface area contributed by atoms with E-state index in [1.54, 1.807) is 6.08 Å². The summed E-state index contributed by atoms with van der Waals surface area (Å²) in [5, 5.41) is 3.00. The van der Waals surface area contributed by atoms with Crippen molar-refractivity contribution in [3.63, 3.8) is 0 Å². The number of aliphatic imine (C=N–C) groups is 1. The largest absolute Gasteiger partial charge is 0.347 e. The van der Waals surface area contributed by atoms with Crippen LogP contribution in [0, 0.1) is 0 Å². The molecule has 62 valence electrons. The van der Waals surface area contributed by atoms with Crippen LogP contribution in [0.4, 0.5) is 0 Å². The quantitative estimate of drug-likeness (QED) is 0.486. The third kappa shape index (κ3) is 5.40. The van der Waals surface area contributed by atoms with Gasteiger partial charge >= 0.3 is 0 Å². The number of allylic oxidation sites excluding steroid dienone is 1. The maximum Gasteiger partial charge on any atom is 0.124 e. The van der Waals surface area contributed by atoms with E-state index in [0.717, 1.165) is 5.84 Å². The third-order valence-electron chi connectivity index (χ3n) is 0.989. The van der Waals surface area contributed by atoms with Gasteiger partial charge in [0.15, 0.2) is 0 Å². The Bertz CT molecular complexity index is 166. The Labute approximate surface area is 68.7 Å². The average Bonchev–Trinajstić information content (AvgIpc) is 1.97. The molecule has 0 bridgehead atoms. The van der Waals surface area contributed by atoms with Gasteiger partial charge in [-0.25, -0.2) is 0 Å². The Morgan fingerprint density at radius 1 is 1.55 bits per heavy atom. The summed E-state index contributed by atoms with van der Waals surface area (Å²) in [4.78, 5) is 4.27. The molecule has 0 aromatic carbocycles. The highest BCUT2D eigenvalue weighted by Crippen LogP contribution is 1.87. The normalized spacial score (nSPS) is 12.5. The van der Waals surface area contributed by atoms with Crippen LogP contribution in [-0.4, -0.2) is 11.9 Å². The van der Waals surface area contributed by atoms with Gasteiger partial charge in [0.2, 0.25) is 0 Å². The molecule has 2 heteroatoms. The third-order valence-corrected chi connectivity index (χ3v) is 0.989. The van der Waals surface area contributed by atoms with Gasteiger partial charge in [-0.1, -0.05) is 12.7 Å². The smallest absolute Gasteiger partial charge is 0.124 e. The first-order valence-electron chi connectivity index (χ1n) is 3.78. The summed E-state index contributed by atoms with van der Waals surface area (Å²) in [6.07, 6.45) is 5.46. The topological polar surface area (TPSA) is 24.4 Å².